The summed E-state index contributed by atoms with van der Waals surface area (Å²) in [6, 6.07) is 5.16. The molecule has 0 fully saturated rings. The van der Waals surface area contributed by atoms with Gasteiger partial charge < -0.3 is 14.8 Å². The van der Waals surface area contributed by atoms with Gasteiger partial charge >= 0.3 is 7.60 Å². The molecule has 0 aliphatic heterocycles. The molecule has 0 radical (unpaired) electrons. The highest BCUT2D eigenvalue weighted by Gasteiger charge is 2.26. The number of benzene rings is 1. The van der Waals surface area contributed by atoms with E-state index < -0.39 is 7.60 Å². The maximum absolute atomic E-state index is 12.0. The van der Waals surface area contributed by atoms with Gasteiger partial charge in [-0.15, -0.1) is 0 Å². The molecule has 0 saturated carbocycles. The van der Waals surface area contributed by atoms with E-state index in [2.05, 4.69) is 0 Å². The van der Waals surface area contributed by atoms with Crippen LogP contribution in [0, 0.1) is 6.92 Å². The van der Waals surface area contributed by atoms with E-state index in [1.807, 2.05) is 0 Å². The van der Waals surface area contributed by atoms with E-state index in [0.717, 1.165) is 5.56 Å². The minimum Gasteiger partial charge on any atom is -0.398 e. The van der Waals surface area contributed by atoms with Gasteiger partial charge in [0.1, 0.15) is 0 Å². The third-order valence-corrected chi connectivity index (χ3v) is 4.16. The fraction of sp³-hybridized carbons (Fsp3) is 0.333. The van der Waals surface area contributed by atoms with E-state index in [9.17, 15) is 4.57 Å². The maximum Gasteiger partial charge on any atom is 0.361 e. The molecule has 0 aliphatic carbocycles. The van der Waals surface area contributed by atoms with E-state index in [4.69, 9.17) is 14.8 Å². The molecule has 0 aliphatic rings. The molecule has 2 N–H and O–H groups in total. The van der Waals surface area contributed by atoms with Crippen molar-refractivity contribution >= 4 is 18.6 Å². The first-order valence-corrected chi connectivity index (χ1v) is 5.66. The molecular formula is C9H14NO3P. The topological polar surface area (TPSA) is 61.5 Å². The van der Waals surface area contributed by atoms with Crippen LogP contribution in [-0.2, 0) is 13.6 Å². The Hall–Kier alpha value is -0.830. The first kappa shape index (κ1) is 11.2. The second kappa shape index (κ2) is 4.13. The predicted octanol–water partition coefficient (Wildman–Crippen LogP) is 1.69. The lowest BCUT2D eigenvalue weighted by Crippen LogP contribution is -2.13. The van der Waals surface area contributed by atoms with Crippen LogP contribution in [0.4, 0.5) is 5.69 Å². The van der Waals surface area contributed by atoms with Crippen molar-refractivity contribution in [1.29, 1.82) is 0 Å². The van der Waals surface area contributed by atoms with E-state index in [-0.39, 0.29) is 0 Å². The van der Waals surface area contributed by atoms with Gasteiger partial charge in [0.15, 0.2) is 0 Å². The van der Waals surface area contributed by atoms with E-state index in [1.54, 1.807) is 25.1 Å². The summed E-state index contributed by atoms with van der Waals surface area (Å²) in [5.41, 5.74) is 7.01. The van der Waals surface area contributed by atoms with Gasteiger partial charge in [0.2, 0.25) is 0 Å². The molecule has 0 unspecified atom stereocenters. The van der Waals surface area contributed by atoms with E-state index in [1.165, 1.54) is 14.2 Å². The predicted molar refractivity (Wildman–Crippen MR) is 56.8 cm³/mol. The SMILES string of the molecule is COP(=O)(OC)c1cccc(N)c1C. The zero-order chi connectivity index (χ0) is 10.8. The van der Waals surface area contributed by atoms with E-state index in [0.29, 0.717) is 11.0 Å². The van der Waals surface area contributed by atoms with Crippen molar-refractivity contribution in [3.8, 4) is 0 Å². The summed E-state index contributed by atoms with van der Waals surface area (Å²) in [6.07, 6.45) is 0. The second-order valence-corrected chi connectivity index (χ2v) is 5.06. The number of hydrogen-bond donors (Lipinski definition) is 1. The molecule has 0 spiro atoms. The Morgan fingerprint density at radius 1 is 1.29 bits per heavy atom. The molecule has 0 saturated heterocycles. The van der Waals surface area contributed by atoms with Crippen LogP contribution >= 0.6 is 7.60 Å². The number of nitrogen functional groups attached to an aromatic ring is 1. The fourth-order valence-corrected chi connectivity index (χ4v) is 2.56. The van der Waals surface area contributed by atoms with Gasteiger partial charge in [0.25, 0.3) is 0 Å². The average Bonchev–Trinajstić information content (AvgIpc) is 2.21. The molecule has 0 heterocycles. The Kier molecular flexibility index (Phi) is 3.32. The second-order valence-electron chi connectivity index (χ2n) is 2.85. The van der Waals surface area contributed by atoms with Gasteiger partial charge in [-0.1, -0.05) is 6.07 Å². The Morgan fingerprint density at radius 3 is 2.36 bits per heavy atom. The smallest absolute Gasteiger partial charge is 0.361 e. The molecule has 1 aromatic rings. The monoisotopic (exact) mass is 215 g/mol. The van der Waals surface area contributed by atoms with Crippen LogP contribution < -0.4 is 11.0 Å². The Morgan fingerprint density at radius 2 is 1.86 bits per heavy atom. The highest BCUT2D eigenvalue weighted by molar-refractivity contribution is 7.62. The van der Waals surface area contributed by atoms with Crippen LogP contribution in [0.3, 0.4) is 0 Å². The van der Waals surface area contributed by atoms with Crippen LogP contribution in [0.1, 0.15) is 5.56 Å². The van der Waals surface area contributed by atoms with Gasteiger partial charge in [-0.3, -0.25) is 4.57 Å². The van der Waals surface area contributed by atoms with Crippen molar-refractivity contribution in [3.63, 3.8) is 0 Å². The normalized spacial score (nSPS) is 11.6. The third-order valence-electron chi connectivity index (χ3n) is 2.12. The largest absolute Gasteiger partial charge is 0.398 e. The minimum atomic E-state index is -3.18. The number of rotatable bonds is 3. The zero-order valence-electron chi connectivity index (χ0n) is 8.48. The molecule has 1 rings (SSSR count). The highest BCUT2D eigenvalue weighted by Crippen LogP contribution is 2.46. The number of hydrogen-bond acceptors (Lipinski definition) is 4. The Labute approximate surface area is 83.6 Å². The summed E-state index contributed by atoms with van der Waals surface area (Å²) >= 11 is 0. The Balaban J connectivity index is 3.32. The summed E-state index contributed by atoms with van der Waals surface area (Å²) < 4.78 is 21.8. The lowest BCUT2D eigenvalue weighted by Gasteiger charge is -2.16. The van der Waals surface area contributed by atoms with Crippen LogP contribution in [0.15, 0.2) is 18.2 Å². The van der Waals surface area contributed by atoms with Crippen molar-refractivity contribution in [2.24, 2.45) is 0 Å². The van der Waals surface area contributed by atoms with Gasteiger partial charge in [-0.05, 0) is 24.6 Å². The molecule has 1 aromatic carbocycles. The zero-order valence-corrected chi connectivity index (χ0v) is 9.38. The van der Waals surface area contributed by atoms with Crippen LogP contribution in [0.25, 0.3) is 0 Å². The molecule has 14 heavy (non-hydrogen) atoms. The van der Waals surface area contributed by atoms with Crippen molar-refractivity contribution < 1.29 is 13.6 Å². The maximum atomic E-state index is 12.0. The lowest BCUT2D eigenvalue weighted by atomic mass is 10.2. The molecule has 0 amide bonds. The number of nitrogens with two attached hydrogens (primary N) is 1. The van der Waals surface area contributed by atoms with Crippen LogP contribution in [0.2, 0.25) is 0 Å². The third kappa shape index (κ3) is 1.82. The quantitative estimate of drug-likeness (QED) is 0.615. The lowest BCUT2D eigenvalue weighted by molar-refractivity contribution is 0.287. The summed E-state index contributed by atoms with van der Waals surface area (Å²) in [6.45, 7) is 1.79. The Bertz CT molecular complexity index is 370. The van der Waals surface area contributed by atoms with Gasteiger partial charge in [0, 0.05) is 19.9 Å². The van der Waals surface area contributed by atoms with Crippen molar-refractivity contribution in [2.45, 2.75) is 6.92 Å². The number of anilines is 1. The fourth-order valence-electron chi connectivity index (χ4n) is 1.21. The van der Waals surface area contributed by atoms with Gasteiger partial charge in [0.05, 0.1) is 5.30 Å². The summed E-state index contributed by atoms with van der Waals surface area (Å²) in [4.78, 5) is 0. The van der Waals surface area contributed by atoms with Crippen molar-refractivity contribution in [2.75, 3.05) is 20.0 Å². The minimum absolute atomic E-state index is 0.516. The van der Waals surface area contributed by atoms with Crippen molar-refractivity contribution in [1.82, 2.24) is 0 Å². The summed E-state index contributed by atoms with van der Waals surface area (Å²) in [5, 5.41) is 0.516. The molecule has 0 bridgehead atoms. The standard InChI is InChI=1S/C9H14NO3P/c1-7-8(10)5-4-6-9(7)14(11,12-2)13-3/h4-6H,10H2,1-3H3. The van der Waals surface area contributed by atoms with Gasteiger partial charge in [-0.25, -0.2) is 0 Å². The molecule has 0 aromatic heterocycles. The van der Waals surface area contributed by atoms with Crippen LogP contribution in [0.5, 0.6) is 0 Å². The summed E-state index contributed by atoms with van der Waals surface area (Å²) in [7, 11) is -0.470. The van der Waals surface area contributed by atoms with Gasteiger partial charge in [-0.2, -0.15) is 0 Å². The molecule has 5 heteroatoms. The summed E-state index contributed by atoms with van der Waals surface area (Å²) in [5.74, 6) is 0. The highest BCUT2D eigenvalue weighted by atomic mass is 31.2. The first-order valence-electron chi connectivity index (χ1n) is 4.12. The molecule has 0 atom stereocenters. The van der Waals surface area contributed by atoms with Crippen molar-refractivity contribution in [3.05, 3.63) is 23.8 Å². The molecule has 4 nitrogen and oxygen atoms in total. The van der Waals surface area contributed by atoms with Crippen LogP contribution in [-0.4, -0.2) is 14.2 Å². The van der Waals surface area contributed by atoms with E-state index >= 15 is 0 Å². The average molecular weight is 215 g/mol. The first-order chi connectivity index (χ1) is 6.55. The molecular weight excluding hydrogens is 201 g/mol. The molecule has 78 valence electrons.